The molecule has 0 saturated heterocycles. The van der Waals surface area contributed by atoms with Crippen LogP contribution in [0.5, 0.6) is 0 Å². The summed E-state index contributed by atoms with van der Waals surface area (Å²) in [5.74, 6) is -0.457. The first-order chi connectivity index (χ1) is 18.7. The number of amides is 2. The van der Waals surface area contributed by atoms with Gasteiger partial charge in [-0.05, 0) is 78.4 Å². The van der Waals surface area contributed by atoms with Gasteiger partial charge in [0.2, 0.25) is 0 Å². The largest absolute Gasteiger partial charge is 0.480 e. The first kappa shape index (κ1) is 30.0. The monoisotopic (exact) mass is 549 g/mol. The Balaban J connectivity index is 1.58. The fraction of sp³-hybridized carbons (Fsp3) is 0.636. The Morgan fingerprint density at radius 2 is 1.57 bits per heavy atom. The van der Waals surface area contributed by atoms with Gasteiger partial charge in [0.05, 0.1) is 0 Å². The second-order valence-corrected chi connectivity index (χ2v) is 14.2. The van der Waals surface area contributed by atoms with E-state index >= 15 is 0 Å². The number of fused-ring (bicyclic) bond motifs is 1. The summed E-state index contributed by atoms with van der Waals surface area (Å²) >= 11 is 0. The summed E-state index contributed by atoms with van der Waals surface area (Å²) in [7, 11) is 0. The van der Waals surface area contributed by atoms with Crippen molar-refractivity contribution in [1.82, 2.24) is 15.6 Å². The SMILES string of the molecule is CC(C)(C)C1CCC(NC(=O)c2ccc3cc(C(=O)NC(C(=O)O)C(C)(C)C)nc(CC4CCCC4)c3c2)CC1. The van der Waals surface area contributed by atoms with Crippen molar-refractivity contribution in [2.45, 2.75) is 111 Å². The third-order valence-electron chi connectivity index (χ3n) is 9.04. The van der Waals surface area contributed by atoms with Gasteiger partial charge in [-0.25, -0.2) is 9.78 Å². The Morgan fingerprint density at radius 1 is 0.925 bits per heavy atom. The van der Waals surface area contributed by atoms with E-state index in [1.54, 1.807) is 26.8 Å². The smallest absolute Gasteiger partial charge is 0.326 e. The lowest BCUT2D eigenvalue weighted by atomic mass is 9.71. The number of nitrogens with one attached hydrogen (secondary N) is 2. The maximum Gasteiger partial charge on any atom is 0.326 e. The van der Waals surface area contributed by atoms with E-state index in [1.807, 2.05) is 18.2 Å². The van der Waals surface area contributed by atoms with E-state index in [0.29, 0.717) is 22.8 Å². The lowest BCUT2D eigenvalue weighted by Crippen LogP contribution is -2.49. The third kappa shape index (κ3) is 7.21. The molecule has 2 saturated carbocycles. The van der Waals surface area contributed by atoms with Crippen molar-refractivity contribution in [2.24, 2.45) is 22.7 Å². The highest BCUT2D eigenvalue weighted by molar-refractivity contribution is 6.02. The molecule has 40 heavy (non-hydrogen) atoms. The quantitative estimate of drug-likeness (QED) is 0.364. The molecule has 218 valence electrons. The highest BCUT2D eigenvalue weighted by atomic mass is 16.4. The number of carboxylic acids is 1. The molecule has 1 unspecified atom stereocenters. The Kier molecular flexibility index (Phi) is 8.91. The van der Waals surface area contributed by atoms with Crippen LogP contribution >= 0.6 is 0 Å². The minimum absolute atomic E-state index is 0.0655. The molecule has 2 aliphatic rings. The number of rotatable bonds is 7. The van der Waals surface area contributed by atoms with Crippen LogP contribution in [0, 0.1) is 22.7 Å². The Labute approximate surface area is 238 Å². The van der Waals surface area contributed by atoms with Crippen LogP contribution in [-0.4, -0.2) is 40.0 Å². The number of hydrogen-bond donors (Lipinski definition) is 3. The van der Waals surface area contributed by atoms with Crippen molar-refractivity contribution in [3.8, 4) is 0 Å². The molecule has 2 aliphatic carbocycles. The average Bonchev–Trinajstić information content (AvgIpc) is 3.38. The average molecular weight is 550 g/mol. The van der Waals surface area contributed by atoms with Crippen molar-refractivity contribution in [1.29, 1.82) is 0 Å². The van der Waals surface area contributed by atoms with E-state index in [2.05, 4.69) is 31.4 Å². The zero-order valence-electron chi connectivity index (χ0n) is 25.1. The summed E-state index contributed by atoms with van der Waals surface area (Å²) in [6, 6.07) is 6.47. The molecule has 0 aliphatic heterocycles. The molecule has 4 rings (SSSR count). The van der Waals surface area contributed by atoms with Crippen molar-refractivity contribution >= 4 is 28.6 Å². The van der Waals surface area contributed by atoms with Crippen LogP contribution in [0.3, 0.4) is 0 Å². The van der Waals surface area contributed by atoms with Crippen LogP contribution in [0.4, 0.5) is 0 Å². The molecule has 1 atom stereocenters. The van der Waals surface area contributed by atoms with Gasteiger partial charge in [0, 0.05) is 22.7 Å². The zero-order valence-corrected chi connectivity index (χ0v) is 25.1. The fourth-order valence-electron chi connectivity index (χ4n) is 6.44. The number of carbonyl (C=O) groups excluding carboxylic acids is 2. The molecule has 3 N–H and O–H groups in total. The van der Waals surface area contributed by atoms with E-state index in [4.69, 9.17) is 4.98 Å². The van der Waals surface area contributed by atoms with Crippen LogP contribution in [0.25, 0.3) is 10.8 Å². The van der Waals surface area contributed by atoms with Gasteiger partial charge in [0.25, 0.3) is 11.8 Å². The van der Waals surface area contributed by atoms with Gasteiger partial charge < -0.3 is 15.7 Å². The Hall–Kier alpha value is -2.96. The van der Waals surface area contributed by atoms with E-state index in [1.165, 1.54) is 12.8 Å². The summed E-state index contributed by atoms with van der Waals surface area (Å²) in [5.41, 5.74) is 1.27. The Bertz CT molecular complexity index is 1240. The van der Waals surface area contributed by atoms with Crippen LogP contribution < -0.4 is 10.6 Å². The second kappa shape index (κ2) is 11.9. The highest BCUT2D eigenvalue weighted by Gasteiger charge is 2.34. The molecule has 1 aromatic heterocycles. The van der Waals surface area contributed by atoms with E-state index in [0.717, 1.165) is 61.4 Å². The number of nitrogens with zero attached hydrogens (tertiary/aromatic N) is 1. The van der Waals surface area contributed by atoms with Gasteiger partial charge in [0.15, 0.2) is 0 Å². The minimum atomic E-state index is -1.07. The predicted molar refractivity (Wildman–Crippen MR) is 158 cm³/mol. The minimum Gasteiger partial charge on any atom is -0.480 e. The first-order valence-corrected chi connectivity index (χ1v) is 15.0. The van der Waals surface area contributed by atoms with E-state index in [9.17, 15) is 19.5 Å². The summed E-state index contributed by atoms with van der Waals surface area (Å²) < 4.78 is 0. The van der Waals surface area contributed by atoms with Crippen LogP contribution in [-0.2, 0) is 11.2 Å². The molecule has 2 fully saturated rings. The van der Waals surface area contributed by atoms with Crippen LogP contribution in [0.2, 0.25) is 0 Å². The topological polar surface area (TPSA) is 108 Å². The first-order valence-electron chi connectivity index (χ1n) is 15.0. The zero-order chi connectivity index (χ0) is 29.2. The standard InChI is InChI=1S/C33H47N3O4/c1-32(2,3)23-13-15-24(16-14-23)34-29(37)22-12-11-21-19-27(30(38)36-28(31(39)40)33(4,5)6)35-26(25(21)18-22)17-20-9-7-8-10-20/h11-12,18-20,23-24,28H,7-10,13-17H2,1-6H3,(H,34,37)(H,36,38)(H,39,40). The molecule has 0 radical (unpaired) electrons. The molecule has 7 nitrogen and oxygen atoms in total. The van der Waals surface area contributed by atoms with Crippen molar-refractivity contribution < 1.29 is 19.5 Å². The molecular formula is C33H47N3O4. The van der Waals surface area contributed by atoms with Crippen LogP contribution in [0.15, 0.2) is 24.3 Å². The molecule has 0 bridgehead atoms. The van der Waals surface area contributed by atoms with Gasteiger partial charge in [-0.1, -0.05) is 73.3 Å². The number of aliphatic carboxylic acids is 1. The fourth-order valence-corrected chi connectivity index (χ4v) is 6.44. The third-order valence-corrected chi connectivity index (χ3v) is 9.04. The number of benzene rings is 1. The lowest BCUT2D eigenvalue weighted by Gasteiger charge is -2.37. The van der Waals surface area contributed by atoms with Gasteiger partial charge in [-0.3, -0.25) is 9.59 Å². The maximum atomic E-state index is 13.3. The molecule has 1 heterocycles. The molecule has 7 heteroatoms. The van der Waals surface area contributed by atoms with Crippen LogP contribution in [0.1, 0.15) is 119 Å². The van der Waals surface area contributed by atoms with Crippen molar-refractivity contribution in [2.75, 3.05) is 0 Å². The summed E-state index contributed by atoms with van der Waals surface area (Å²) in [6.45, 7) is 12.3. The number of carbonyl (C=O) groups is 3. The summed E-state index contributed by atoms with van der Waals surface area (Å²) in [6.07, 6.45) is 9.64. The van der Waals surface area contributed by atoms with Gasteiger partial charge in [0.1, 0.15) is 11.7 Å². The summed E-state index contributed by atoms with van der Waals surface area (Å²) in [5, 5.41) is 17.4. The normalized spacial score (nSPS) is 21.2. The Morgan fingerprint density at radius 3 is 2.15 bits per heavy atom. The number of pyridine rings is 1. The molecule has 2 aromatic rings. The van der Waals surface area contributed by atoms with Gasteiger partial charge in [-0.15, -0.1) is 0 Å². The number of aromatic nitrogens is 1. The summed E-state index contributed by atoms with van der Waals surface area (Å²) in [4.78, 5) is 43.1. The second-order valence-electron chi connectivity index (χ2n) is 14.2. The molecular weight excluding hydrogens is 502 g/mol. The molecule has 2 amide bonds. The van der Waals surface area contributed by atoms with E-state index < -0.39 is 23.3 Å². The highest BCUT2D eigenvalue weighted by Crippen LogP contribution is 2.38. The van der Waals surface area contributed by atoms with E-state index in [-0.39, 0.29) is 17.6 Å². The number of hydrogen-bond acceptors (Lipinski definition) is 4. The molecule has 1 aromatic carbocycles. The number of carboxylic acid groups (broad SMARTS) is 1. The predicted octanol–water partition coefficient (Wildman–Crippen LogP) is 6.53. The van der Waals surface area contributed by atoms with Gasteiger partial charge >= 0.3 is 5.97 Å². The van der Waals surface area contributed by atoms with Crippen molar-refractivity contribution in [3.05, 3.63) is 41.2 Å². The molecule has 0 spiro atoms. The lowest BCUT2D eigenvalue weighted by molar-refractivity contribution is -0.142. The van der Waals surface area contributed by atoms with Crippen molar-refractivity contribution in [3.63, 3.8) is 0 Å². The maximum absolute atomic E-state index is 13.3. The van der Waals surface area contributed by atoms with Gasteiger partial charge in [-0.2, -0.15) is 0 Å².